The Hall–Kier alpha value is -0.473. The lowest BCUT2D eigenvalue weighted by Crippen LogP contribution is -2.33. The Labute approximate surface area is 118 Å². The van der Waals surface area contributed by atoms with Crippen LogP contribution in [0, 0.1) is 0 Å². The van der Waals surface area contributed by atoms with Crippen LogP contribution in [-0.2, 0) is 18.7 Å². The van der Waals surface area contributed by atoms with E-state index in [4.69, 9.17) is 15.3 Å². The second-order valence-electron chi connectivity index (χ2n) is 4.54. The largest absolute Gasteiger partial charge is 0.415 e. The van der Waals surface area contributed by atoms with Gasteiger partial charge in [0.2, 0.25) is 15.7 Å². The number of aliphatic hydroxyl groups excluding tert-OH is 1. The molecule has 1 amide bonds. The van der Waals surface area contributed by atoms with Gasteiger partial charge in [-0.25, -0.2) is 0 Å². The Morgan fingerprint density at radius 2 is 2.47 bits per heavy atom. The van der Waals surface area contributed by atoms with Gasteiger partial charge in [0, 0.05) is 19.1 Å². The number of nitrogens with one attached hydrogen (secondary N) is 1. The minimum absolute atomic E-state index is 0.122. The highest BCUT2D eigenvalue weighted by Gasteiger charge is 2.27. The number of hydrogen-bond acceptors (Lipinski definition) is 5. The Morgan fingerprint density at radius 3 is 3.11 bits per heavy atom. The van der Waals surface area contributed by atoms with Gasteiger partial charge >= 0.3 is 0 Å². The van der Waals surface area contributed by atoms with Gasteiger partial charge in [0.05, 0.1) is 7.95 Å². The molecule has 3 unspecified atom stereocenters. The van der Waals surface area contributed by atoms with E-state index in [9.17, 15) is 9.90 Å². The molecule has 1 aliphatic heterocycles. The third-order valence-electron chi connectivity index (χ3n) is 2.41. The Morgan fingerprint density at radius 1 is 1.68 bits per heavy atom. The quantitative estimate of drug-likeness (QED) is 0.465. The fourth-order valence-corrected chi connectivity index (χ4v) is 2.22. The molecule has 2 N–H and O–H groups in total. The van der Waals surface area contributed by atoms with Crippen molar-refractivity contribution in [2.24, 2.45) is 0 Å². The third-order valence-corrected chi connectivity index (χ3v) is 3.60. The lowest BCUT2D eigenvalue weighted by atomic mass is 10.3. The summed E-state index contributed by atoms with van der Waals surface area (Å²) in [5.41, 5.74) is 0. The van der Waals surface area contributed by atoms with E-state index in [0.717, 1.165) is 12.5 Å². The first-order valence-electron chi connectivity index (χ1n) is 7.09. The smallest absolute Gasteiger partial charge is 0.246 e. The van der Waals surface area contributed by atoms with Gasteiger partial charge in [-0.3, -0.25) is 4.79 Å². The van der Waals surface area contributed by atoms with Gasteiger partial charge in [-0.2, -0.15) is 0 Å². The van der Waals surface area contributed by atoms with Crippen molar-refractivity contribution in [3.63, 3.8) is 0 Å². The molecule has 0 saturated carbocycles. The molecular formula is C12H23NO5Si. The van der Waals surface area contributed by atoms with Crippen LogP contribution in [-0.4, -0.2) is 59.0 Å². The van der Waals surface area contributed by atoms with Crippen LogP contribution in [0.5, 0.6) is 0 Å². The zero-order chi connectivity index (χ0) is 15.0. The molecule has 110 valence electrons. The van der Waals surface area contributed by atoms with Crippen molar-refractivity contribution < 1.29 is 25.2 Å². The maximum absolute atomic E-state index is 11.5. The molecule has 3 atom stereocenters. The maximum atomic E-state index is 11.5. The van der Waals surface area contributed by atoms with E-state index < -0.39 is 19.0 Å². The highest BCUT2D eigenvalue weighted by atomic mass is 28.2. The second-order valence-corrected chi connectivity index (χ2v) is 5.57. The minimum atomic E-state index is -1.11. The average Bonchev–Trinajstić information content (AvgIpc) is 2.69. The van der Waals surface area contributed by atoms with Gasteiger partial charge < -0.3 is 24.3 Å². The number of aliphatic hydroxyl groups is 1. The number of carbonyl (C=O) groups is 1. The van der Waals surface area contributed by atoms with Crippen LogP contribution in [0.1, 0.15) is 28.1 Å². The molecular weight excluding hydrogens is 266 g/mol. The van der Waals surface area contributed by atoms with Crippen molar-refractivity contribution in [3.05, 3.63) is 0 Å². The molecule has 1 aliphatic rings. The molecule has 1 rings (SSSR count). The van der Waals surface area contributed by atoms with Crippen molar-refractivity contribution in [2.75, 3.05) is 19.7 Å². The van der Waals surface area contributed by atoms with E-state index in [2.05, 4.69) is 5.32 Å². The van der Waals surface area contributed by atoms with Crippen molar-refractivity contribution >= 4 is 15.7 Å². The molecule has 0 aromatic heterocycles. The summed E-state index contributed by atoms with van der Waals surface area (Å²) in [4.78, 5) is 11.5. The van der Waals surface area contributed by atoms with Crippen LogP contribution in [0.4, 0.5) is 0 Å². The number of carbonyl (C=O) groups excluding carboxylic acids is 1. The van der Waals surface area contributed by atoms with E-state index in [1.54, 1.807) is 0 Å². The summed E-state index contributed by atoms with van der Waals surface area (Å²) in [6, 6.07) is 0.926. The summed E-state index contributed by atoms with van der Waals surface area (Å²) in [5, 5.41) is 12.1. The van der Waals surface area contributed by atoms with E-state index in [0.29, 0.717) is 16.3 Å². The lowest BCUT2D eigenvalue weighted by molar-refractivity contribution is -0.143. The molecule has 1 heterocycles. The minimum Gasteiger partial charge on any atom is -0.415 e. The lowest BCUT2D eigenvalue weighted by Gasteiger charge is -2.13. The molecule has 0 spiro atoms. The predicted octanol–water partition coefficient (Wildman–Crippen LogP) is 0.0791. The maximum Gasteiger partial charge on any atom is 0.246 e. The number of hydrogen-bond donors (Lipinski definition) is 2. The van der Waals surface area contributed by atoms with Crippen LogP contribution in [0.25, 0.3) is 0 Å². The summed E-state index contributed by atoms with van der Waals surface area (Å²) < 4.78 is 22.8. The standard InChI is InChI=1S/C12H23NO5Si/c1-9(2)18-19-7-3-5-13-11(14)8-17-10-4-6-16-12(10)15/h9-10,12,15H,3-8H2,1-2H3,(H,13,14)/i6T. The van der Waals surface area contributed by atoms with Crippen LogP contribution >= 0.6 is 0 Å². The number of amides is 1. The SMILES string of the molecule is [3H]C1CC(OCC(=O)NCCC[Si]OC(C)C)C(O)O1. The molecule has 2 radical (unpaired) electrons. The van der Waals surface area contributed by atoms with Gasteiger partial charge in [-0.15, -0.1) is 0 Å². The van der Waals surface area contributed by atoms with Crippen LogP contribution in [0.15, 0.2) is 0 Å². The fourth-order valence-electron chi connectivity index (χ4n) is 1.45. The fraction of sp³-hybridized carbons (Fsp3) is 0.917. The van der Waals surface area contributed by atoms with Crippen LogP contribution < -0.4 is 5.32 Å². The summed E-state index contributed by atoms with van der Waals surface area (Å²) in [7, 11) is 0.462. The normalized spacial score (nSPS) is 27.6. The van der Waals surface area contributed by atoms with Gasteiger partial charge in [0.25, 0.3) is 0 Å². The molecule has 0 aromatic carbocycles. The first kappa shape index (κ1) is 14.9. The predicted molar refractivity (Wildman–Crippen MR) is 70.7 cm³/mol. The van der Waals surface area contributed by atoms with Crippen molar-refractivity contribution in [1.82, 2.24) is 5.32 Å². The highest BCUT2D eigenvalue weighted by Crippen LogP contribution is 2.14. The van der Waals surface area contributed by atoms with Crippen molar-refractivity contribution in [1.29, 1.82) is 0 Å². The van der Waals surface area contributed by atoms with Gasteiger partial charge in [0.1, 0.15) is 12.7 Å². The highest BCUT2D eigenvalue weighted by molar-refractivity contribution is 6.27. The summed E-state index contributed by atoms with van der Waals surface area (Å²) in [6.07, 6.45) is -0.315. The van der Waals surface area contributed by atoms with Crippen molar-refractivity contribution in [2.45, 2.75) is 51.2 Å². The van der Waals surface area contributed by atoms with E-state index in [1.165, 1.54) is 0 Å². The molecule has 1 fully saturated rings. The number of rotatable bonds is 9. The summed E-state index contributed by atoms with van der Waals surface area (Å²) in [5.74, 6) is -0.223. The number of ether oxygens (including phenoxy) is 2. The van der Waals surface area contributed by atoms with E-state index in [-0.39, 0.29) is 25.0 Å². The molecule has 19 heavy (non-hydrogen) atoms. The Bertz CT molecular complexity index is 295. The van der Waals surface area contributed by atoms with Gasteiger partial charge in [0.15, 0.2) is 6.29 Å². The average molecular weight is 291 g/mol. The topological polar surface area (TPSA) is 77.0 Å². The van der Waals surface area contributed by atoms with E-state index in [1.807, 2.05) is 13.8 Å². The van der Waals surface area contributed by atoms with Crippen molar-refractivity contribution in [3.8, 4) is 0 Å². The molecule has 1 saturated heterocycles. The molecule has 7 heteroatoms. The summed E-state index contributed by atoms with van der Waals surface area (Å²) in [6.45, 7) is 3.67. The molecule has 0 bridgehead atoms. The third kappa shape index (κ3) is 7.63. The van der Waals surface area contributed by atoms with Crippen LogP contribution in [0.3, 0.4) is 0 Å². The zero-order valence-electron chi connectivity index (χ0n) is 12.4. The Balaban J connectivity index is 1.98. The molecule has 0 aromatic rings. The zero-order valence-corrected chi connectivity index (χ0v) is 12.4. The second kappa shape index (κ2) is 9.43. The van der Waals surface area contributed by atoms with Gasteiger partial charge in [-0.1, -0.05) is 0 Å². The van der Waals surface area contributed by atoms with Gasteiger partial charge in [-0.05, 0) is 26.3 Å². The summed E-state index contributed by atoms with van der Waals surface area (Å²) >= 11 is 0. The van der Waals surface area contributed by atoms with Crippen LogP contribution in [0.2, 0.25) is 6.04 Å². The molecule has 6 nitrogen and oxygen atoms in total. The monoisotopic (exact) mass is 291 g/mol. The molecule has 0 aliphatic carbocycles. The first-order chi connectivity index (χ1) is 9.49. The van der Waals surface area contributed by atoms with E-state index >= 15 is 0 Å². The Kier molecular flexibility index (Phi) is 7.41. The first-order valence-corrected chi connectivity index (χ1v) is 7.63.